The van der Waals surface area contributed by atoms with Crippen LogP contribution in [0.15, 0.2) is 115 Å². The quantitative estimate of drug-likeness (QED) is 0.158. The zero-order chi connectivity index (χ0) is 39.0. The van der Waals surface area contributed by atoms with Gasteiger partial charge in [0.05, 0.1) is 16.6 Å². The first kappa shape index (κ1) is 35.7. The summed E-state index contributed by atoms with van der Waals surface area (Å²) in [5.41, 5.74) is 17.2. The maximum atomic E-state index is 2.60. The van der Waals surface area contributed by atoms with Gasteiger partial charge >= 0.3 is 0 Å². The fraction of sp³-hybridized carbons (Fsp3) is 0.308. The number of nitrogens with zero attached hydrogens (tertiary/aromatic N) is 2. The smallest absolute Gasteiger partial charge is 0.246 e. The highest BCUT2D eigenvalue weighted by Gasteiger charge is 2.36. The van der Waals surface area contributed by atoms with Crippen LogP contribution in [0, 0.1) is 0 Å². The minimum atomic E-state index is 0.00235. The van der Waals surface area contributed by atoms with Crippen molar-refractivity contribution < 1.29 is 0 Å². The molecule has 6 aromatic carbocycles. The summed E-state index contributed by atoms with van der Waals surface area (Å²) in [5, 5.41) is 5.32. The van der Waals surface area contributed by atoms with Gasteiger partial charge in [-0.15, -0.1) is 0 Å². The van der Waals surface area contributed by atoms with Crippen LogP contribution in [0.2, 0.25) is 0 Å². The second kappa shape index (κ2) is 11.7. The molecule has 0 radical (unpaired) electrons. The molecule has 1 aliphatic heterocycles. The Hall–Kier alpha value is -5.02. The normalized spacial score (nSPS) is 13.8. The molecular weight excluding hydrogens is 663 g/mol. The van der Waals surface area contributed by atoms with E-state index < -0.39 is 0 Å². The van der Waals surface area contributed by atoms with Crippen molar-refractivity contribution in [1.82, 2.24) is 9.13 Å². The maximum absolute atomic E-state index is 2.60. The van der Waals surface area contributed by atoms with Crippen molar-refractivity contribution in [3.8, 4) is 11.4 Å². The second-order valence-corrected chi connectivity index (χ2v) is 20.4. The van der Waals surface area contributed by atoms with Crippen LogP contribution < -0.4 is 16.4 Å². The highest BCUT2D eigenvalue weighted by Crippen LogP contribution is 2.41. The third kappa shape index (κ3) is 5.60. The molecular formula is C52H55BN2. The highest BCUT2D eigenvalue weighted by atomic mass is 15.0. The Kier molecular flexibility index (Phi) is 7.62. The lowest BCUT2D eigenvalue weighted by Crippen LogP contribution is -2.56. The molecule has 276 valence electrons. The molecule has 55 heavy (non-hydrogen) atoms. The standard InChI is InChI=1S/C52H55BN2/c1-49(2,3)32-18-23-44-38(26-32)39-27-33(50(4,5)6)19-24-45(39)54(44)37-21-22-42-47(31-37)55-46-25-20-34(51(7,8)9)28-40(46)41-29-35(52(10,11)12)30-43(48(41)55)53(42)36-16-14-13-15-17-36/h13-31H,1-12H3. The first-order valence-electron chi connectivity index (χ1n) is 20.2. The summed E-state index contributed by atoms with van der Waals surface area (Å²) in [6, 6.07) is 45.0. The summed E-state index contributed by atoms with van der Waals surface area (Å²) in [6.07, 6.45) is 0. The van der Waals surface area contributed by atoms with Gasteiger partial charge < -0.3 is 9.13 Å². The molecule has 2 aromatic heterocycles. The first-order valence-corrected chi connectivity index (χ1v) is 20.2. The van der Waals surface area contributed by atoms with Gasteiger partial charge in [-0.2, -0.15) is 0 Å². The van der Waals surface area contributed by atoms with Crippen LogP contribution in [0.25, 0.3) is 55.0 Å². The van der Waals surface area contributed by atoms with E-state index in [0.717, 1.165) is 0 Å². The summed E-state index contributed by atoms with van der Waals surface area (Å²) in [5.74, 6) is 0. The van der Waals surface area contributed by atoms with E-state index in [2.05, 4.69) is 207 Å². The van der Waals surface area contributed by atoms with Crippen molar-refractivity contribution in [1.29, 1.82) is 0 Å². The lowest BCUT2D eigenvalue weighted by molar-refractivity contribution is 0.590. The monoisotopic (exact) mass is 718 g/mol. The van der Waals surface area contributed by atoms with E-state index in [1.807, 2.05) is 0 Å². The zero-order valence-electron chi connectivity index (χ0n) is 34.9. The Morgan fingerprint density at radius 1 is 0.382 bits per heavy atom. The van der Waals surface area contributed by atoms with E-state index in [1.165, 1.54) is 93.6 Å². The zero-order valence-corrected chi connectivity index (χ0v) is 34.9. The van der Waals surface area contributed by atoms with Crippen LogP contribution in [-0.2, 0) is 21.7 Å². The average molecular weight is 719 g/mol. The van der Waals surface area contributed by atoms with Crippen LogP contribution in [0.4, 0.5) is 0 Å². The Bertz CT molecular complexity index is 2760. The molecule has 0 unspecified atom stereocenters. The molecule has 0 saturated heterocycles. The Morgan fingerprint density at radius 2 is 0.836 bits per heavy atom. The van der Waals surface area contributed by atoms with Crippen LogP contribution >= 0.6 is 0 Å². The van der Waals surface area contributed by atoms with Crippen molar-refractivity contribution in [2.24, 2.45) is 0 Å². The van der Waals surface area contributed by atoms with Crippen LogP contribution in [0.1, 0.15) is 105 Å². The van der Waals surface area contributed by atoms with E-state index in [1.54, 1.807) is 0 Å². The van der Waals surface area contributed by atoms with E-state index >= 15 is 0 Å². The molecule has 3 heterocycles. The third-order valence-corrected chi connectivity index (χ3v) is 12.4. The summed E-state index contributed by atoms with van der Waals surface area (Å²) in [6.45, 7) is 28.0. The number of hydrogen-bond donors (Lipinski definition) is 0. The van der Waals surface area contributed by atoms with Crippen LogP contribution in [0.5, 0.6) is 0 Å². The summed E-state index contributed by atoms with van der Waals surface area (Å²) in [4.78, 5) is 0. The molecule has 3 heteroatoms. The molecule has 0 fully saturated rings. The molecule has 0 saturated carbocycles. The molecule has 8 aromatic rings. The maximum Gasteiger partial charge on any atom is 0.246 e. The van der Waals surface area contributed by atoms with E-state index in [-0.39, 0.29) is 28.4 Å². The van der Waals surface area contributed by atoms with Gasteiger partial charge in [0.25, 0.3) is 0 Å². The summed E-state index contributed by atoms with van der Waals surface area (Å²) < 4.78 is 5.11. The van der Waals surface area contributed by atoms with Crippen molar-refractivity contribution in [2.45, 2.75) is 105 Å². The van der Waals surface area contributed by atoms with Crippen molar-refractivity contribution in [3.63, 3.8) is 0 Å². The van der Waals surface area contributed by atoms with Crippen molar-refractivity contribution in [2.75, 3.05) is 0 Å². The van der Waals surface area contributed by atoms with E-state index in [9.17, 15) is 0 Å². The first-order chi connectivity index (χ1) is 25.8. The highest BCUT2D eigenvalue weighted by molar-refractivity contribution is 6.98. The SMILES string of the molecule is CC(C)(C)c1ccc2c(c1)c1cc(C(C)(C)C)ccc1n2-c1ccc2c(c1)-n1c3ccc(C(C)(C)C)cc3c3cc(C(C)(C)C)cc(c31)B2c1ccccc1. The molecule has 0 N–H and O–H groups in total. The van der Waals surface area contributed by atoms with Crippen LogP contribution in [0.3, 0.4) is 0 Å². The van der Waals surface area contributed by atoms with Gasteiger partial charge in [0, 0.05) is 38.4 Å². The topological polar surface area (TPSA) is 9.86 Å². The molecule has 0 aliphatic carbocycles. The van der Waals surface area contributed by atoms with Gasteiger partial charge in [0.2, 0.25) is 6.71 Å². The number of hydrogen-bond acceptors (Lipinski definition) is 0. The van der Waals surface area contributed by atoms with Gasteiger partial charge in [-0.05, 0) is 109 Å². The fourth-order valence-electron chi connectivity index (χ4n) is 9.06. The lowest BCUT2D eigenvalue weighted by Gasteiger charge is -2.30. The number of aromatic nitrogens is 2. The average Bonchev–Trinajstić information content (AvgIpc) is 3.63. The molecule has 1 aliphatic rings. The number of fused-ring (bicyclic) bond motifs is 8. The molecule has 9 rings (SSSR count). The van der Waals surface area contributed by atoms with Crippen molar-refractivity contribution in [3.05, 3.63) is 138 Å². The predicted octanol–water partition coefficient (Wildman–Crippen LogP) is 11.9. The molecule has 0 amide bonds. The van der Waals surface area contributed by atoms with Gasteiger partial charge in [0.1, 0.15) is 0 Å². The Balaban J connectivity index is 1.40. The van der Waals surface area contributed by atoms with Gasteiger partial charge in [-0.1, -0.05) is 149 Å². The van der Waals surface area contributed by atoms with Gasteiger partial charge in [-0.3, -0.25) is 0 Å². The minimum absolute atomic E-state index is 0.00235. The largest absolute Gasteiger partial charge is 0.310 e. The molecule has 0 bridgehead atoms. The van der Waals surface area contributed by atoms with Crippen molar-refractivity contribution >= 4 is 66.7 Å². The Morgan fingerprint density at radius 3 is 1.33 bits per heavy atom. The fourth-order valence-corrected chi connectivity index (χ4v) is 9.06. The molecule has 2 nitrogen and oxygen atoms in total. The van der Waals surface area contributed by atoms with Gasteiger partial charge in [-0.25, -0.2) is 0 Å². The van der Waals surface area contributed by atoms with E-state index in [4.69, 9.17) is 0 Å². The third-order valence-electron chi connectivity index (χ3n) is 12.4. The molecule has 0 spiro atoms. The minimum Gasteiger partial charge on any atom is -0.310 e. The number of rotatable bonds is 2. The van der Waals surface area contributed by atoms with Gasteiger partial charge in [0.15, 0.2) is 0 Å². The van der Waals surface area contributed by atoms with Crippen LogP contribution in [-0.4, -0.2) is 15.8 Å². The predicted molar refractivity (Wildman–Crippen MR) is 241 cm³/mol. The Labute approximate surface area is 328 Å². The molecule has 0 atom stereocenters. The summed E-state index contributed by atoms with van der Waals surface area (Å²) >= 11 is 0. The van der Waals surface area contributed by atoms with E-state index in [0.29, 0.717) is 0 Å². The lowest BCUT2D eigenvalue weighted by atomic mass is 9.35. The second-order valence-electron chi connectivity index (χ2n) is 20.4. The number of benzene rings is 6. The summed E-state index contributed by atoms with van der Waals surface area (Å²) in [7, 11) is 0.